The number of carbonyl (C=O) groups is 1. The van der Waals surface area contributed by atoms with Crippen molar-refractivity contribution >= 4 is 17.7 Å². The lowest BCUT2D eigenvalue weighted by Gasteiger charge is -2.18. The average molecular weight is 336 g/mol. The molecule has 1 aromatic rings. The van der Waals surface area contributed by atoms with Crippen LogP contribution in [0.5, 0.6) is 11.5 Å². The molecule has 1 atom stereocenters. The first kappa shape index (κ1) is 16.5. The van der Waals surface area contributed by atoms with E-state index in [2.05, 4.69) is 10.6 Å². The van der Waals surface area contributed by atoms with E-state index >= 15 is 0 Å². The van der Waals surface area contributed by atoms with Crippen LogP contribution in [-0.2, 0) is 4.79 Å². The molecule has 0 radical (unpaired) electrons. The van der Waals surface area contributed by atoms with Gasteiger partial charge in [0.1, 0.15) is 13.2 Å². The number of hydrogen-bond donors (Lipinski definition) is 2. The number of fused-ring (bicyclic) bond motifs is 1. The van der Waals surface area contributed by atoms with E-state index in [0.717, 1.165) is 54.1 Å². The highest BCUT2D eigenvalue weighted by molar-refractivity contribution is 7.99. The fourth-order valence-electron chi connectivity index (χ4n) is 2.84. The summed E-state index contributed by atoms with van der Waals surface area (Å²) < 4.78 is 11.1. The topological polar surface area (TPSA) is 59.6 Å². The van der Waals surface area contributed by atoms with Crippen LogP contribution in [0, 0.1) is 5.92 Å². The van der Waals surface area contributed by atoms with E-state index in [9.17, 15) is 4.79 Å². The summed E-state index contributed by atoms with van der Waals surface area (Å²) in [6.07, 6.45) is 2.85. The molecule has 0 spiro atoms. The van der Waals surface area contributed by atoms with Crippen LogP contribution in [0.25, 0.3) is 0 Å². The molecule has 1 saturated heterocycles. The predicted octanol–water partition coefficient (Wildman–Crippen LogP) is 2.06. The monoisotopic (exact) mass is 336 g/mol. The van der Waals surface area contributed by atoms with E-state index in [0.29, 0.717) is 19.6 Å². The molecule has 0 bridgehead atoms. The van der Waals surface area contributed by atoms with Gasteiger partial charge in [-0.1, -0.05) is 0 Å². The summed E-state index contributed by atoms with van der Waals surface area (Å²) in [5.74, 6) is 3.25. The van der Waals surface area contributed by atoms with Crippen LogP contribution in [-0.4, -0.2) is 44.5 Å². The van der Waals surface area contributed by atoms with Crippen LogP contribution < -0.4 is 20.1 Å². The van der Waals surface area contributed by atoms with Gasteiger partial charge in [-0.25, -0.2) is 0 Å². The molecule has 2 heterocycles. The molecule has 0 saturated carbocycles. The van der Waals surface area contributed by atoms with Crippen molar-refractivity contribution in [1.82, 2.24) is 10.6 Å². The van der Waals surface area contributed by atoms with Gasteiger partial charge in [-0.3, -0.25) is 4.79 Å². The lowest BCUT2D eigenvalue weighted by molar-refractivity contribution is -0.120. The Labute approximate surface area is 141 Å². The molecule has 5 nitrogen and oxygen atoms in total. The second-order valence-corrected chi connectivity index (χ2v) is 7.07. The third kappa shape index (κ3) is 5.04. The van der Waals surface area contributed by atoms with Crippen LogP contribution in [0.2, 0.25) is 0 Å². The molecular weight excluding hydrogens is 312 g/mol. The fourth-order valence-corrected chi connectivity index (χ4v) is 3.72. The highest BCUT2D eigenvalue weighted by atomic mass is 32.2. The molecule has 2 N–H and O–H groups in total. The summed E-state index contributed by atoms with van der Waals surface area (Å²) in [5.41, 5.74) is 0. The average Bonchev–Trinajstić information content (AvgIpc) is 3.08. The molecule has 6 heteroatoms. The van der Waals surface area contributed by atoms with Gasteiger partial charge < -0.3 is 20.1 Å². The van der Waals surface area contributed by atoms with E-state index in [1.807, 2.05) is 18.2 Å². The van der Waals surface area contributed by atoms with Crippen molar-refractivity contribution in [2.45, 2.75) is 24.2 Å². The Balaban J connectivity index is 1.33. The van der Waals surface area contributed by atoms with Gasteiger partial charge in [-0.05, 0) is 50.0 Å². The van der Waals surface area contributed by atoms with Crippen LogP contribution in [0.15, 0.2) is 23.1 Å². The molecule has 1 fully saturated rings. The maximum atomic E-state index is 11.9. The predicted molar refractivity (Wildman–Crippen MR) is 91.4 cm³/mol. The Bertz CT molecular complexity index is 533. The number of hydrogen-bond acceptors (Lipinski definition) is 5. The Morgan fingerprint density at radius 1 is 1.30 bits per heavy atom. The summed E-state index contributed by atoms with van der Waals surface area (Å²) in [4.78, 5) is 13.0. The molecule has 2 aliphatic rings. The fraction of sp³-hybridized carbons (Fsp3) is 0.588. The zero-order valence-corrected chi connectivity index (χ0v) is 14.1. The van der Waals surface area contributed by atoms with Crippen LogP contribution in [0.1, 0.15) is 19.3 Å². The van der Waals surface area contributed by atoms with Gasteiger partial charge in [0.15, 0.2) is 11.5 Å². The SMILES string of the molecule is O=C(CCSc1ccc2c(c1)OCCO2)NCCC1CCNC1. The van der Waals surface area contributed by atoms with Crippen molar-refractivity contribution in [2.75, 3.05) is 38.6 Å². The molecule has 0 aliphatic carbocycles. The largest absolute Gasteiger partial charge is 0.486 e. The first-order chi connectivity index (χ1) is 11.3. The number of carbonyl (C=O) groups excluding carboxylic acids is 1. The van der Waals surface area contributed by atoms with Crippen LogP contribution in [0.4, 0.5) is 0 Å². The standard InChI is InChI=1S/C17H24N2O3S/c20-17(19-7-4-13-3-6-18-12-13)5-10-23-14-1-2-15-16(11-14)22-9-8-21-15/h1-2,11,13,18H,3-10,12H2,(H,19,20). The number of amides is 1. The number of thioether (sulfide) groups is 1. The minimum atomic E-state index is 0.140. The molecule has 126 valence electrons. The number of benzene rings is 1. The summed E-state index contributed by atoms with van der Waals surface area (Å²) in [5, 5.41) is 6.37. The lowest BCUT2D eigenvalue weighted by Crippen LogP contribution is -2.26. The van der Waals surface area contributed by atoms with Gasteiger partial charge in [-0.2, -0.15) is 0 Å². The molecule has 2 aliphatic heterocycles. The molecule has 1 unspecified atom stereocenters. The van der Waals surface area contributed by atoms with Crippen molar-refractivity contribution in [3.05, 3.63) is 18.2 Å². The maximum Gasteiger partial charge on any atom is 0.220 e. The molecule has 1 aromatic carbocycles. The van der Waals surface area contributed by atoms with E-state index in [1.54, 1.807) is 11.8 Å². The minimum Gasteiger partial charge on any atom is -0.486 e. The smallest absolute Gasteiger partial charge is 0.220 e. The molecular formula is C17H24N2O3S. The lowest BCUT2D eigenvalue weighted by atomic mass is 10.1. The first-order valence-electron chi connectivity index (χ1n) is 8.31. The summed E-state index contributed by atoms with van der Waals surface area (Å²) >= 11 is 1.67. The van der Waals surface area contributed by atoms with Crippen LogP contribution in [0.3, 0.4) is 0 Å². The highest BCUT2D eigenvalue weighted by Gasteiger charge is 2.14. The summed E-state index contributed by atoms with van der Waals surface area (Å²) in [6.45, 7) is 4.21. The van der Waals surface area contributed by atoms with E-state index in [1.165, 1.54) is 6.42 Å². The number of rotatable bonds is 7. The second-order valence-electron chi connectivity index (χ2n) is 5.90. The van der Waals surface area contributed by atoms with Crippen LogP contribution >= 0.6 is 11.8 Å². The van der Waals surface area contributed by atoms with Crippen molar-refractivity contribution < 1.29 is 14.3 Å². The normalized spacial score (nSPS) is 19.6. The molecule has 3 rings (SSSR count). The Hall–Kier alpha value is -1.40. The highest BCUT2D eigenvalue weighted by Crippen LogP contribution is 2.34. The third-order valence-corrected chi connectivity index (χ3v) is 5.14. The van der Waals surface area contributed by atoms with E-state index in [-0.39, 0.29) is 5.91 Å². The van der Waals surface area contributed by atoms with Crippen molar-refractivity contribution in [3.8, 4) is 11.5 Å². The number of ether oxygens (including phenoxy) is 2. The third-order valence-electron chi connectivity index (χ3n) is 4.15. The second kappa shape index (κ2) is 8.45. The Morgan fingerprint density at radius 3 is 3.00 bits per heavy atom. The molecule has 1 amide bonds. The van der Waals surface area contributed by atoms with Crippen molar-refractivity contribution in [3.63, 3.8) is 0 Å². The quantitative estimate of drug-likeness (QED) is 0.747. The van der Waals surface area contributed by atoms with Crippen molar-refractivity contribution in [2.24, 2.45) is 5.92 Å². The van der Waals surface area contributed by atoms with Gasteiger partial charge in [0.05, 0.1) is 0 Å². The van der Waals surface area contributed by atoms with Gasteiger partial charge in [0.25, 0.3) is 0 Å². The summed E-state index contributed by atoms with van der Waals surface area (Å²) in [7, 11) is 0. The minimum absolute atomic E-state index is 0.140. The summed E-state index contributed by atoms with van der Waals surface area (Å²) in [6, 6.07) is 5.94. The number of nitrogens with one attached hydrogen (secondary N) is 2. The molecule has 23 heavy (non-hydrogen) atoms. The van der Waals surface area contributed by atoms with Gasteiger partial charge >= 0.3 is 0 Å². The van der Waals surface area contributed by atoms with Gasteiger partial charge in [-0.15, -0.1) is 11.8 Å². The maximum absolute atomic E-state index is 11.9. The zero-order chi connectivity index (χ0) is 15.9. The Kier molecular flexibility index (Phi) is 6.05. The molecule has 0 aromatic heterocycles. The van der Waals surface area contributed by atoms with E-state index in [4.69, 9.17) is 9.47 Å². The zero-order valence-electron chi connectivity index (χ0n) is 13.3. The van der Waals surface area contributed by atoms with E-state index < -0.39 is 0 Å². The van der Waals surface area contributed by atoms with Gasteiger partial charge in [0, 0.05) is 23.6 Å². The van der Waals surface area contributed by atoms with Gasteiger partial charge in [0.2, 0.25) is 5.91 Å². The Morgan fingerprint density at radius 2 is 2.17 bits per heavy atom. The van der Waals surface area contributed by atoms with Crippen molar-refractivity contribution in [1.29, 1.82) is 0 Å². The first-order valence-corrected chi connectivity index (χ1v) is 9.30.